The summed E-state index contributed by atoms with van der Waals surface area (Å²) < 4.78 is 26.6. The van der Waals surface area contributed by atoms with Crippen molar-refractivity contribution in [1.29, 1.82) is 5.26 Å². The molecule has 21 heavy (non-hydrogen) atoms. The Kier molecular flexibility index (Phi) is 4.78. The van der Waals surface area contributed by atoms with Crippen LogP contribution in [0.2, 0.25) is 5.15 Å². The molecule has 2 rings (SSSR count). The maximum Gasteiger partial charge on any atom is 0.264 e. The first-order valence-corrected chi connectivity index (χ1v) is 7.94. The molecule has 0 saturated heterocycles. The molecule has 0 radical (unpaired) electrons. The number of pyridine rings is 1. The smallest absolute Gasteiger partial charge is 0.264 e. The molecule has 0 unspecified atom stereocenters. The topological polar surface area (TPSA) is 74.1 Å². The monoisotopic (exact) mass is 321 g/mol. The van der Waals surface area contributed by atoms with Crippen LogP contribution in [0, 0.1) is 11.3 Å². The van der Waals surface area contributed by atoms with Crippen LogP contribution in [0.3, 0.4) is 0 Å². The Hall–Kier alpha value is -2.10. The molecule has 0 N–H and O–H groups in total. The minimum absolute atomic E-state index is 0.0456. The molecule has 0 saturated carbocycles. The molecule has 2 aromatic rings. The summed E-state index contributed by atoms with van der Waals surface area (Å²) in [7, 11) is -3.79. The van der Waals surface area contributed by atoms with E-state index in [2.05, 4.69) is 4.98 Å². The largest absolute Gasteiger partial charge is 0.265 e. The van der Waals surface area contributed by atoms with Crippen LogP contribution in [0.15, 0.2) is 53.6 Å². The highest BCUT2D eigenvalue weighted by molar-refractivity contribution is 7.92. The Bertz CT molecular complexity index is 757. The number of rotatable bonds is 5. The molecule has 108 valence electrons. The van der Waals surface area contributed by atoms with Gasteiger partial charge in [0.1, 0.15) is 5.15 Å². The Balaban J connectivity index is 2.48. The van der Waals surface area contributed by atoms with Gasteiger partial charge in [-0.05, 0) is 24.3 Å². The molecular weight excluding hydrogens is 310 g/mol. The molecule has 0 fully saturated rings. The third-order valence-electron chi connectivity index (χ3n) is 2.76. The molecule has 0 atom stereocenters. The SMILES string of the molecule is N#CCCN(c1ccccc1)S(=O)(=O)c1ccnc(Cl)c1. The number of para-hydroxylation sites is 1. The number of benzene rings is 1. The second kappa shape index (κ2) is 6.57. The second-order valence-electron chi connectivity index (χ2n) is 4.14. The van der Waals surface area contributed by atoms with Crippen molar-refractivity contribution in [2.45, 2.75) is 11.3 Å². The van der Waals surface area contributed by atoms with Gasteiger partial charge in [0.15, 0.2) is 0 Å². The molecule has 0 spiro atoms. The Labute approximate surface area is 128 Å². The summed E-state index contributed by atoms with van der Waals surface area (Å²) in [5.74, 6) is 0. The van der Waals surface area contributed by atoms with Crippen LogP contribution in [-0.4, -0.2) is 19.9 Å². The van der Waals surface area contributed by atoms with Crippen LogP contribution in [0.25, 0.3) is 0 Å². The molecule has 0 aliphatic carbocycles. The summed E-state index contributed by atoms with van der Waals surface area (Å²) in [6, 6.07) is 13.3. The number of sulfonamides is 1. The average Bonchev–Trinajstić information content (AvgIpc) is 2.48. The van der Waals surface area contributed by atoms with Crippen LogP contribution in [0.4, 0.5) is 5.69 Å². The van der Waals surface area contributed by atoms with Crippen molar-refractivity contribution in [3.63, 3.8) is 0 Å². The Morgan fingerprint density at radius 3 is 2.57 bits per heavy atom. The number of aromatic nitrogens is 1. The Morgan fingerprint density at radius 2 is 1.95 bits per heavy atom. The zero-order valence-corrected chi connectivity index (χ0v) is 12.5. The van der Waals surface area contributed by atoms with Gasteiger partial charge in [-0.2, -0.15) is 5.26 Å². The minimum Gasteiger partial charge on any atom is -0.265 e. The molecular formula is C14H12ClN3O2S. The first-order chi connectivity index (χ1) is 10.1. The summed E-state index contributed by atoms with van der Waals surface area (Å²) >= 11 is 5.76. The van der Waals surface area contributed by atoms with Gasteiger partial charge in [-0.25, -0.2) is 13.4 Å². The third kappa shape index (κ3) is 3.51. The predicted molar refractivity (Wildman–Crippen MR) is 80.5 cm³/mol. The molecule has 1 aromatic carbocycles. The molecule has 0 aliphatic rings. The van der Waals surface area contributed by atoms with Crippen molar-refractivity contribution in [3.8, 4) is 6.07 Å². The lowest BCUT2D eigenvalue weighted by molar-refractivity contribution is 0.591. The van der Waals surface area contributed by atoms with E-state index in [1.807, 2.05) is 6.07 Å². The van der Waals surface area contributed by atoms with Crippen molar-refractivity contribution in [1.82, 2.24) is 4.98 Å². The molecule has 7 heteroatoms. The van der Waals surface area contributed by atoms with E-state index in [0.717, 1.165) is 0 Å². The van der Waals surface area contributed by atoms with Gasteiger partial charge in [0.2, 0.25) is 0 Å². The lowest BCUT2D eigenvalue weighted by atomic mass is 10.3. The highest BCUT2D eigenvalue weighted by atomic mass is 35.5. The summed E-state index contributed by atoms with van der Waals surface area (Å²) in [6.45, 7) is 0.0722. The minimum atomic E-state index is -3.79. The number of halogens is 1. The number of hydrogen-bond acceptors (Lipinski definition) is 4. The van der Waals surface area contributed by atoms with Crippen LogP contribution >= 0.6 is 11.6 Å². The first kappa shape index (κ1) is 15.3. The quantitative estimate of drug-likeness (QED) is 0.794. The molecule has 0 amide bonds. The lowest BCUT2D eigenvalue weighted by Gasteiger charge is -2.23. The van der Waals surface area contributed by atoms with Crippen LogP contribution in [0.5, 0.6) is 0 Å². The molecule has 0 bridgehead atoms. The molecule has 5 nitrogen and oxygen atoms in total. The lowest BCUT2D eigenvalue weighted by Crippen LogP contribution is -2.31. The number of nitriles is 1. The predicted octanol–water partition coefficient (Wildman–Crippen LogP) is 2.84. The fourth-order valence-corrected chi connectivity index (χ4v) is 3.52. The van der Waals surface area contributed by atoms with Crippen molar-refractivity contribution in [3.05, 3.63) is 53.8 Å². The number of anilines is 1. The van der Waals surface area contributed by atoms with Gasteiger partial charge >= 0.3 is 0 Å². The van der Waals surface area contributed by atoms with Gasteiger partial charge in [-0.15, -0.1) is 0 Å². The summed E-state index contributed by atoms with van der Waals surface area (Å²) in [6.07, 6.45) is 1.43. The molecule has 0 aliphatic heterocycles. The van der Waals surface area contributed by atoms with Gasteiger partial charge in [0.05, 0.1) is 23.1 Å². The average molecular weight is 322 g/mol. The molecule has 1 aromatic heterocycles. The van der Waals surface area contributed by atoms with E-state index in [0.29, 0.717) is 5.69 Å². The highest BCUT2D eigenvalue weighted by Gasteiger charge is 2.24. The van der Waals surface area contributed by atoms with Crippen LogP contribution in [-0.2, 0) is 10.0 Å². The summed E-state index contributed by atoms with van der Waals surface area (Å²) in [4.78, 5) is 3.82. The van der Waals surface area contributed by atoms with Gasteiger partial charge in [-0.3, -0.25) is 4.31 Å². The van der Waals surface area contributed by atoms with Crippen molar-refractivity contribution in [2.75, 3.05) is 10.8 Å². The van der Waals surface area contributed by atoms with E-state index in [-0.39, 0.29) is 23.0 Å². The van der Waals surface area contributed by atoms with E-state index in [4.69, 9.17) is 16.9 Å². The van der Waals surface area contributed by atoms with Crippen molar-refractivity contribution < 1.29 is 8.42 Å². The van der Waals surface area contributed by atoms with E-state index in [9.17, 15) is 8.42 Å². The third-order valence-corrected chi connectivity index (χ3v) is 4.79. The van der Waals surface area contributed by atoms with Crippen LogP contribution in [0.1, 0.15) is 6.42 Å². The fourth-order valence-electron chi connectivity index (χ4n) is 1.81. The zero-order chi connectivity index (χ0) is 15.3. The highest BCUT2D eigenvalue weighted by Crippen LogP contribution is 2.24. The van der Waals surface area contributed by atoms with Gasteiger partial charge in [0, 0.05) is 12.7 Å². The van der Waals surface area contributed by atoms with Crippen LogP contribution < -0.4 is 4.31 Å². The number of hydrogen-bond donors (Lipinski definition) is 0. The van der Waals surface area contributed by atoms with E-state index in [1.165, 1.54) is 22.6 Å². The standard InChI is InChI=1S/C14H12ClN3O2S/c15-14-11-13(7-9-17-14)21(19,20)18(10-4-8-16)12-5-2-1-3-6-12/h1-3,5-7,9,11H,4,10H2. The fraction of sp³-hybridized carbons (Fsp3) is 0.143. The van der Waals surface area contributed by atoms with E-state index >= 15 is 0 Å². The van der Waals surface area contributed by atoms with E-state index < -0.39 is 10.0 Å². The van der Waals surface area contributed by atoms with E-state index in [1.54, 1.807) is 30.3 Å². The Morgan fingerprint density at radius 1 is 1.24 bits per heavy atom. The van der Waals surface area contributed by atoms with Gasteiger partial charge in [0.25, 0.3) is 10.0 Å². The maximum absolute atomic E-state index is 12.7. The summed E-state index contributed by atoms with van der Waals surface area (Å²) in [5, 5.41) is 8.84. The van der Waals surface area contributed by atoms with Gasteiger partial charge < -0.3 is 0 Å². The van der Waals surface area contributed by atoms with Crippen molar-refractivity contribution in [2.24, 2.45) is 0 Å². The first-order valence-electron chi connectivity index (χ1n) is 6.12. The van der Waals surface area contributed by atoms with Gasteiger partial charge in [-0.1, -0.05) is 29.8 Å². The number of nitrogens with zero attached hydrogens (tertiary/aromatic N) is 3. The summed E-state index contributed by atoms with van der Waals surface area (Å²) in [5.41, 5.74) is 0.501. The molecule has 1 heterocycles. The normalized spacial score (nSPS) is 10.9. The zero-order valence-electron chi connectivity index (χ0n) is 11.0. The second-order valence-corrected chi connectivity index (χ2v) is 6.38. The maximum atomic E-state index is 12.7. The van der Waals surface area contributed by atoms with Crippen molar-refractivity contribution >= 4 is 27.3 Å².